The Kier molecular flexibility index (Phi) is 4.65. The van der Waals surface area contributed by atoms with Gasteiger partial charge in [-0.2, -0.15) is 4.98 Å². The molecule has 6 heteroatoms. The summed E-state index contributed by atoms with van der Waals surface area (Å²) >= 11 is 0. The monoisotopic (exact) mass is 326 g/mol. The van der Waals surface area contributed by atoms with Crippen LogP contribution in [0.1, 0.15) is 11.3 Å². The molecule has 0 fully saturated rings. The van der Waals surface area contributed by atoms with Gasteiger partial charge in [-0.25, -0.2) is 13.8 Å². The number of nitrogens with one attached hydrogen (secondary N) is 2. The molecule has 0 aliphatic carbocycles. The zero-order chi connectivity index (χ0) is 16.9. The van der Waals surface area contributed by atoms with Crippen molar-refractivity contribution < 1.29 is 8.78 Å². The summed E-state index contributed by atoms with van der Waals surface area (Å²) < 4.78 is 27.4. The Morgan fingerprint density at radius 2 is 1.62 bits per heavy atom. The SMILES string of the molecule is Cc1cc(NCc2ccccc2F)nc(Nc2ccccc2F)n1. The van der Waals surface area contributed by atoms with E-state index in [0.29, 0.717) is 29.3 Å². The maximum Gasteiger partial charge on any atom is 0.229 e. The van der Waals surface area contributed by atoms with Gasteiger partial charge in [0.25, 0.3) is 0 Å². The molecule has 0 saturated carbocycles. The molecule has 0 atom stereocenters. The fraction of sp³-hybridized carbons (Fsp3) is 0.111. The molecule has 3 rings (SSSR count). The van der Waals surface area contributed by atoms with Crippen LogP contribution in [0.4, 0.5) is 26.2 Å². The van der Waals surface area contributed by atoms with Gasteiger partial charge in [0.1, 0.15) is 17.5 Å². The highest BCUT2D eigenvalue weighted by molar-refractivity contribution is 5.55. The first-order chi connectivity index (χ1) is 11.6. The standard InChI is InChI=1S/C18H16F2N4/c1-12-10-17(21-11-13-6-2-3-7-14(13)19)24-18(22-12)23-16-9-5-4-8-15(16)20/h2-10H,11H2,1H3,(H2,21,22,23,24). The largest absolute Gasteiger partial charge is 0.366 e. The first-order valence-electron chi connectivity index (χ1n) is 7.46. The van der Waals surface area contributed by atoms with E-state index in [2.05, 4.69) is 20.6 Å². The average molecular weight is 326 g/mol. The van der Waals surface area contributed by atoms with Crippen LogP contribution in [-0.4, -0.2) is 9.97 Å². The molecule has 4 nitrogen and oxygen atoms in total. The summed E-state index contributed by atoms with van der Waals surface area (Å²) in [6.45, 7) is 2.10. The normalized spacial score (nSPS) is 10.5. The Hall–Kier alpha value is -3.02. The Balaban J connectivity index is 1.77. The molecule has 3 aromatic rings. The number of nitrogens with zero attached hydrogens (tertiary/aromatic N) is 2. The summed E-state index contributed by atoms with van der Waals surface area (Å²) in [5.41, 5.74) is 1.54. The van der Waals surface area contributed by atoms with Crippen LogP contribution >= 0.6 is 0 Å². The lowest BCUT2D eigenvalue weighted by Crippen LogP contribution is -2.07. The Morgan fingerprint density at radius 1 is 0.917 bits per heavy atom. The average Bonchev–Trinajstić information content (AvgIpc) is 2.56. The lowest BCUT2D eigenvalue weighted by molar-refractivity contribution is 0.613. The van der Waals surface area contributed by atoms with Crippen molar-refractivity contribution in [3.05, 3.63) is 77.5 Å². The number of hydrogen-bond acceptors (Lipinski definition) is 4. The van der Waals surface area contributed by atoms with E-state index in [1.54, 1.807) is 42.5 Å². The van der Waals surface area contributed by atoms with Crippen LogP contribution in [-0.2, 0) is 6.54 Å². The molecule has 0 spiro atoms. The van der Waals surface area contributed by atoms with Crippen LogP contribution in [0.3, 0.4) is 0 Å². The molecule has 0 radical (unpaired) electrons. The maximum atomic E-state index is 13.7. The van der Waals surface area contributed by atoms with Gasteiger partial charge in [-0.1, -0.05) is 30.3 Å². The summed E-state index contributed by atoms with van der Waals surface area (Å²) in [6, 6.07) is 14.6. The van der Waals surface area contributed by atoms with E-state index in [1.807, 2.05) is 6.92 Å². The van der Waals surface area contributed by atoms with Crippen LogP contribution in [0.25, 0.3) is 0 Å². The minimum atomic E-state index is -0.386. The number of hydrogen-bond donors (Lipinski definition) is 2. The van der Waals surface area contributed by atoms with Gasteiger partial charge in [0, 0.05) is 23.9 Å². The molecule has 2 aromatic carbocycles. The number of anilines is 3. The second-order valence-electron chi connectivity index (χ2n) is 5.27. The second kappa shape index (κ2) is 7.04. The number of rotatable bonds is 5. The molecule has 0 unspecified atom stereocenters. The molecule has 0 amide bonds. The fourth-order valence-corrected chi connectivity index (χ4v) is 2.23. The fourth-order valence-electron chi connectivity index (χ4n) is 2.23. The van der Waals surface area contributed by atoms with E-state index in [1.165, 1.54) is 12.1 Å². The molecule has 24 heavy (non-hydrogen) atoms. The maximum absolute atomic E-state index is 13.7. The number of benzene rings is 2. The minimum Gasteiger partial charge on any atom is -0.366 e. The highest BCUT2D eigenvalue weighted by Gasteiger charge is 2.07. The van der Waals surface area contributed by atoms with E-state index in [-0.39, 0.29) is 17.6 Å². The highest BCUT2D eigenvalue weighted by atomic mass is 19.1. The van der Waals surface area contributed by atoms with Crippen LogP contribution < -0.4 is 10.6 Å². The predicted molar refractivity (Wildman–Crippen MR) is 90.2 cm³/mol. The Morgan fingerprint density at radius 3 is 2.38 bits per heavy atom. The van der Waals surface area contributed by atoms with Crippen LogP contribution in [0, 0.1) is 18.6 Å². The van der Waals surface area contributed by atoms with Gasteiger partial charge in [0.15, 0.2) is 0 Å². The van der Waals surface area contributed by atoms with Crippen molar-refractivity contribution >= 4 is 17.5 Å². The summed E-state index contributed by atoms with van der Waals surface area (Å²) in [6.07, 6.45) is 0. The van der Waals surface area contributed by atoms with Gasteiger partial charge in [-0.3, -0.25) is 0 Å². The quantitative estimate of drug-likeness (QED) is 0.729. The van der Waals surface area contributed by atoms with E-state index in [4.69, 9.17) is 0 Å². The molecule has 1 heterocycles. The molecule has 0 aliphatic heterocycles. The first-order valence-corrected chi connectivity index (χ1v) is 7.46. The zero-order valence-corrected chi connectivity index (χ0v) is 13.1. The molecule has 0 saturated heterocycles. The van der Waals surface area contributed by atoms with E-state index < -0.39 is 0 Å². The van der Waals surface area contributed by atoms with Crippen LogP contribution in [0.2, 0.25) is 0 Å². The minimum absolute atomic E-state index is 0.274. The second-order valence-corrected chi connectivity index (χ2v) is 5.27. The Labute approximate surface area is 138 Å². The molecule has 122 valence electrons. The molecule has 0 aliphatic rings. The number of halogens is 2. The number of aromatic nitrogens is 2. The molecule has 0 bridgehead atoms. The topological polar surface area (TPSA) is 49.8 Å². The zero-order valence-electron chi connectivity index (χ0n) is 13.1. The van der Waals surface area contributed by atoms with Crippen LogP contribution in [0.5, 0.6) is 0 Å². The van der Waals surface area contributed by atoms with Crippen molar-refractivity contribution in [3.63, 3.8) is 0 Å². The first kappa shape index (κ1) is 15.9. The lowest BCUT2D eigenvalue weighted by Gasteiger charge is -2.11. The van der Waals surface area contributed by atoms with Gasteiger partial charge < -0.3 is 10.6 Å². The highest BCUT2D eigenvalue weighted by Crippen LogP contribution is 2.19. The lowest BCUT2D eigenvalue weighted by atomic mass is 10.2. The third-order valence-corrected chi connectivity index (χ3v) is 3.39. The number of para-hydroxylation sites is 1. The summed E-state index contributed by atoms with van der Waals surface area (Å²) in [7, 11) is 0. The van der Waals surface area contributed by atoms with Crippen molar-refractivity contribution in [2.24, 2.45) is 0 Å². The smallest absolute Gasteiger partial charge is 0.229 e. The van der Waals surface area contributed by atoms with Crippen molar-refractivity contribution in [2.45, 2.75) is 13.5 Å². The van der Waals surface area contributed by atoms with Gasteiger partial charge in [0.2, 0.25) is 5.95 Å². The Bertz CT molecular complexity index is 852. The molecule has 1 aromatic heterocycles. The van der Waals surface area contributed by atoms with Crippen LogP contribution in [0.15, 0.2) is 54.6 Å². The van der Waals surface area contributed by atoms with Crippen molar-refractivity contribution in [2.75, 3.05) is 10.6 Å². The van der Waals surface area contributed by atoms with Crippen molar-refractivity contribution in [3.8, 4) is 0 Å². The van der Waals surface area contributed by atoms with Gasteiger partial charge in [-0.05, 0) is 25.1 Å². The van der Waals surface area contributed by atoms with Crippen molar-refractivity contribution in [1.82, 2.24) is 9.97 Å². The molecule has 2 N–H and O–H groups in total. The summed E-state index contributed by atoms with van der Waals surface area (Å²) in [5.74, 6) is 0.143. The third-order valence-electron chi connectivity index (χ3n) is 3.39. The van der Waals surface area contributed by atoms with Gasteiger partial charge >= 0.3 is 0 Å². The predicted octanol–water partition coefficient (Wildman–Crippen LogP) is 4.42. The molecular weight excluding hydrogens is 310 g/mol. The van der Waals surface area contributed by atoms with Crippen molar-refractivity contribution in [1.29, 1.82) is 0 Å². The van der Waals surface area contributed by atoms with E-state index in [9.17, 15) is 8.78 Å². The van der Waals surface area contributed by atoms with E-state index in [0.717, 1.165) is 0 Å². The van der Waals surface area contributed by atoms with Gasteiger partial charge in [0.05, 0.1) is 5.69 Å². The molecular formula is C18H16F2N4. The number of aryl methyl sites for hydroxylation is 1. The van der Waals surface area contributed by atoms with Gasteiger partial charge in [-0.15, -0.1) is 0 Å². The third kappa shape index (κ3) is 3.84. The summed E-state index contributed by atoms with van der Waals surface area (Å²) in [4.78, 5) is 8.53. The van der Waals surface area contributed by atoms with E-state index >= 15 is 0 Å². The summed E-state index contributed by atoms with van der Waals surface area (Å²) in [5, 5.41) is 5.91.